The van der Waals surface area contributed by atoms with E-state index in [1.807, 2.05) is 11.0 Å². The van der Waals surface area contributed by atoms with E-state index in [0.717, 1.165) is 39.0 Å². The van der Waals surface area contributed by atoms with Gasteiger partial charge in [-0.25, -0.2) is 8.42 Å². The molecule has 1 amide bonds. The number of benzene rings is 1. The molecule has 2 fully saturated rings. The van der Waals surface area contributed by atoms with E-state index >= 15 is 0 Å². The van der Waals surface area contributed by atoms with Crippen molar-refractivity contribution >= 4 is 15.9 Å². The van der Waals surface area contributed by atoms with E-state index in [0.29, 0.717) is 24.5 Å². The largest absolute Gasteiger partial charge is 0.340 e. The van der Waals surface area contributed by atoms with Gasteiger partial charge in [-0.1, -0.05) is 25.1 Å². The van der Waals surface area contributed by atoms with Crippen molar-refractivity contribution in [2.45, 2.75) is 37.1 Å². The minimum absolute atomic E-state index is 0.0357. The van der Waals surface area contributed by atoms with Crippen LogP contribution in [0.5, 0.6) is 0 Å². The first-order valence-electron chi connectivity index (χ1n) is 10.3. The van der Waals surface area contributed by atoms with E-state index in [1.54, 1.807) is 24.3 Å². The molecular formula is C20H32N4O3S. The van der Waals surface area contributed by atoms with E-state index in [4.69, 9.17) is 0 Å². The van der Waals surface area contributed by atoms with Gasteiger partial charge < -0.3 is 10.2 Å². The van der Waals surface area contributed by atoms with Crippen molar-refractivity contribution in [2.24, 2.45) is 0 Å². The van der Waals surface area contributed by atoms with Crippen LogP contribution in [0.4, 0.5) is 0 Å². The van der Waals surface area contributed by atoms with Gasteiger partial charge in [-0.05, 0) is 38.1 Å². The second-order valence-corrected chi connectivity index (χ2v) is 9.42. The fraction of sp³-hybridized carbons (Fsp3) is 0.650. The zero-order chi connectivity index (χ0) is 20.0. The second kappa shape index (κ2) is 9.82. The van der Waals surface area contributed by atoms with Crippen LogP contribution in [-0.4, -0.2) is 86.8 Å². The van der Waals surface area contributed by atoms with Gasteiger partial charge in [0, 0.05) is 51.7 Å². The van der Waals surface area contributed by atoms with Gasteiger partial charge in [-0.3, -0.25) is 9.69 Å². The third kappa shape index (κ3) is 5.11. The number of sulfonamides is 1. The maximum Gasteiger partial charge on any atom is 0.243 e. The van der Waals surface area contributed by atoms with Gasteiger partial charge in [0.15, 0.2) is 0 Å². The first-order valence-corrected chi connectivity index (χ1v) is 11.7. The predicted molar refractivity (Wildman–Crippen MR) is 110 cm³/mol. The normalized spacial score (nSPS) is 21.4. The lowest BCUT2D eigenvalue weighted by atomic mass is 10.2. The van der Waals surface area contributed by atoms with Gasteiger partial charge in [0.05, 0.1) is 4.90 Å². The Bertz CT molecular complexity index is 735. The van der Waals surface area contributed by atoms with Crippen LogP contribution in [0.1, 0.15) is 26.2 Å². The van der Waals surface area contributed by atoms with Crippen LogP contribution in [0.25, 0.3) is 0 Å². The lowest BCUT2D eigenvalue weighted by Gasteiger charge is -2.31. The average molecular weight is 409 g/mol. The van der Waals surface area contributed by atoms with E-state index in [-0.39, 0.29) is 24.9 Å². The van der Waals surface area contributed by atoms with Gasteiger partial charge in [0.1, 0.15) is 0 Å². The molecule has 0 saturated carbocycles. The molecule has 2 heterocycles. The zero-order valence-corrected chi connectivity index (χ0v) is 17.5. The summed E-state index contributed by atoms with van der Waals surface area (Å²) in [4.78, 5) is 17.1. The topological polar surface area (TPSA) is 73.0 Å². The van der Waals surface area contributed by atoms with Crippen LogP contribution in [-0.2, 0) is 14.8 Å². The highest BCUT2D eigenvalue weighted by molar-refractivity contribution is 7.89. The van der Waals surface area contributed by atoms with Gasteiger partial charge in [-0.2, -0.15) is 4.31 Å². The summed E-state index contributed by atoms with van der Waals surface area (Å²) < 4.78 is 28.1. The SMILES string of the molecule is CCN1CCC[C@@H]1CN(CCC(=O)N1CCNCC1)S(=O)(=O)c1ccccc1. The highest BCUT2D eigenvalue weighted by Gasteiger charge is 2.32. The first kappa shape index (κ1) is 21.2. The molecule has 156 valence electrons. The summed E-state index contributed by atoms with van der Waals surface area (Å²) in [5, 5.41) is 3.23. The van der Waals surface area contributed by atoms with E-state index in [9.17, 15) is 13.2 Å². The Morgan fingerprint density at radius 2 is 1.89 bits per heavy atom. The number of likely N-dealkylation sites (tertiary alicyclic amines) is 1. The smallest absolute Gasteiger partial charge is 0.243 e. The van der Waals surface area contributed by atoms with Crippen LogP contribution in [0, 0.1) is 0 Å². The molecule has 0 radical (unpaired) electrons. The standard InChI is InChI=1S/C20H32N4O3S/c1-2-22-13-6-7-18(22)17-24(28(26,27)19-8-4-3-5-9-19)14-10-20(25)23-15-11-21-12-16-23/h3-5,8-9,18,21H,2,6-7,10-17H2,1H3/t18-/m1/s1. The summed E-state index contributed by atoms with van der Waals surface area (Å²) in [7, 11) is -3.62. The van der Waals surface area contributed by atoms with Crippen molar-refractivity contribution in [1.29, 1.82) is 0 Å². The Labute approximate surface area is 168 Å². The number of piperazine rings is 1. The third-order valence-corrected chi connectivity index (χ3v) is 7.62. The summed E-state index contributed by atoms with van der Waals surface area (Å²) >= 11 is 0. The minimum Gasteiger partial charge on any atom is -0.340 e. The van der Waals surface area contributed by atoms with Crippen molar-refractivity contribution in [3.05, 3.63) is 30.3 Å². The lowest BCUT2D eigenvalue weighted by molar-refractivity contribution is -0.131. The highest BCUT2D eigenvalue weighted by Crippen LogP contribution is 2.22. The molecule has 1 N–H and O–H groups in total. The van der Waals surface area contributed by atoms with Crippen LogP contribution in [0.3, 0.4) is 0 Å². The van der Waals surface area contributed by atoms with E-state index in [1.165, 1.54) is 4.31 Å². The molecule has 1 aromatic rings. The molecule has 2 aliphatic heterocycles. The number of carbonyl (C=O) groups is 1. The van der Waals surface area contributed by atoms with Gasteiger partial charge in [0.2, 0.25) is 15.9 Å². The van der Waals surface area contributed by atoms with Gasteiger partial charge in [0.25, 0.3) is 0 Å². The number of amides is 1. The molecule has 1 aromatic carbocycles. The number of nitrogens with zero attached hydrogens (tertiary/aromatic N) is 3. The van der Waals surface area contributed by atoms with Crippen LogP contribution < -0.4 is 5.32 Å². The molecule has 1 atom stereocenters. The number of likely N-dealkylation sites (N-methyl/N-ethyl adjacent to an activating group) is 1. The minimum atomic E-state index is -3.62. The number of nitrogens with one attached hydrogen (secondary N) is 1. The third-order valence-electron chi connectivity index (χ3n) is 5.75. The molecule has 0 aliphatic carbocycles. The predicted octanol–water partition coefficient (Wildman–Crippen LogP) is 0.984. The van der Waals surface area contributed by atoms with Crippen LogP contribution in [0.2, 0.25) is 0 Å². The molecule has 2 aliphatic rings. The Hall–Kier alpha value is -1.48. The van der Waals surface area contributed by atoms with Crippen molar-refractivity contribution in [3.8, 4) is 0 Å². The van der Waals surface area contributed by atoms with E-state index < -0.39 is 10.0 Å². The summed E-state index contributed by atoms with van der Waals surface area (Å²) in [6.45, 7) is 7.70. The fourth-order valence-corrected chi connectivity index (χ4v) is 5.60. The van der Waals surface area contributed by atoms with Gasteiger partial charge >= 0.3 is 0 Å². The molecule has 7 nitrogen and oxygen atoms in total. The number of hydrogen-bond donors (Lipinski definition) is 1. The lowest BCUT2D eigenvalue weighted by Crippen LogP contribution is -2.48. The molecule has 8 heteroatoms. The monoisotopic (exact) mass is 408 g/mol. The first-order chi connectivity index (χ1) is 13.5. The van der Waals surface area contributed by atoms with E-state index in [2.05, 4.69) is 17.1 Å². The quantitative estimate of drug-likeness (QED) is 0.694. The fourth-order valence-electron chi connectivity index (χ4n) is 4.10. The Kier molecular flexibility index (Phi) is 7.45. The maximum absolute atomic E-state index is 13.3. The van der Waals surface area contributed by atoms with Crippen molar-refractivity contribution in [3.63, 3.8) is 0 Å². The van der Waals surface area contributed by atoms with Crippen molar-refractivity contribution in [1.82, 2.24) is 19.4 Å². The summed E-state index contributed by atoms with van der Waals surface area (Å²) in [5.74, 6) is 0.0357. The molecule has 2 saturated heterocycles. The van der Waals surface area contributed by atoms with Crippen LogP contribution >= 0.6 is 0 Å². The molecule has 0 aromatic heterocycles. The Morgan fingerprint density at radius 3 is 2.57 bits per heavy atom. The highest BCUT2D eigenvalue weighted by atomic mass is 32.2. The van der Waals surface area contributed by atoms with Crippen molar-refractivity contribution in [2.75, 3.05) is 52.4 Å². The summed E-state index contributed by atoms with van der Waals surface area (Å²) in [6.07, 6.45) is 2.32. The molecule has 28 heavy (non-hydrogen) atoms. The maximum atomic E-state index is 13.3. The average Bonchev–Trinajstić information content (AvgIpc) is 3.19. The molecule has 0 spiro atoms. The molecule has 0 unspecified atom stereocenters. The number of hydrogen-bond acceptors (Lipinski definition) is 5. The zero-order valence-electron chi connectivity index (χ0n) is 16.7. The Balaban J connectivity index is 1.73. The molecule has 3 rings (SSSR count). The van der Waals surface area contributed by atoms with Crippen LogP contribution in [0.15, 0.2) is 35.2 Å². The molecular weight excluding hydrogens is 376 g/mol. The molecule has 0 bridgehead atoms. The number of carbonyl (C=O) groups excluding carboxylic acids is 1. The van der Waals surface area contributed by atoms with Crippen molar-refractivity contribution < 1.29 is 13.2 Å². The second-order valence-electron chi connectivity index (χ2n) is 7.48. The Morgan fingerprint density at radius 1 is 1.18 bits per heavy atom. The number of rotatable bonds is 8. The summed E-state index contributed by atoms with van der Waals surface area (Å²) in [5.41, 5.74) is 0. The summed E-state index contributed by atoms with van der Waals surface area (Å²) in [6, 6.07) is 8.78. The van der Waals surface area contributed by atoms with Gasteiger partial charge in [-0.15, -0.1) is 0 Å².